The molecule has 3 aliphatic heterocycles. The van der Waals surface area contributed by atoms with Gasteiger partial charge in [-0.1, -0.05) is 41.9 Å². The second-order valence-electron chi connectivity index (χ2n) is 14.9. The number of pyridine rings is 1. The SMILES string of the molecule is Cc1c(C#Cc2ccc(CN3CC(CCc4cccc5c4CN(C4CCC(=O)CC4=O)C5=O)C3)cn2)sc2c1C(c1ccc(Cl)cc1)=NCc1nnc(C)n1-2. The molecule has 9 rings (SSSR count). The molecule has 10 nitrogen and oxygen atoms in total. The fourth-order valence-electron chi connectivity index (χ4n) is 8.31. The zero-order valence-electron chi connectivity index (χ0n) is 30.6. The van der Waals surface area contributed by atoms with Crippen LogP contribution in [0, 0.1) is 31.6 Å². The lowest BCUT2D eigenvalue weighted by Crippen LogP contribution is -2.46. The highest BCUT2D eigenvalue weighted by Crippen LogP contribution is 2.37. The van der Waals surface area contributed by atoms with Gasteiger partial charge in [-0.3, -0.25) is 28.8 Å². The Morgan fingerprint density at radius 2 is 1.82 bits per heavy atom. The molecule has 0 radical (unpaired) electrons. The van der Waals surface area contributed by atoms with Gasteiger partial charge in [0.1, 0.15) is 28.8 Å². The highest BCUT2D eigenvalue weighted by molar-refractivity contribution is 7.15. The highest BCUT2D eigenvalue weighted by atomic mass is 35.5. The van der Waals surface area contributed by atoms with Crippen LogP contribution in [0.2, 0.25) is 5.02 Å². The van der Waals surface area contributed by atoms with Gasteiger partial charge >= 0.3 is 0 Å². The van der Waals surface area contributed by atoms with Gasteiger partial charge in [-0.05, 0) is 97.4 Å². The Morgan fingerprint density at radius 3 is 2.60 bits per heavy atom. The first-order chi connectivity index (χ1) is 26.7. The summed E-state index contributed by atoms with van der Waals surface area (Å²) in [6.07, 6.45) is 4.61. The second-order valence-corrected chi connectivity index (χ2v) is 16.4. The molecule has 1 aliphatic carbocycles. The normalized spacial score (nSPS) is 18.2. The van der Waals surface area contributed by atoms with Crippen molar-refractivity contribution in [3.8, 4) is 16.8 Å². The average Bonchev–Trinajstić information content (AvgIpc) is 3.77. The maximum atomic E-state index is 13.2. The van der Waals surface area contributed by atoms with Gasteiger partial charge in [0.25, 0.3) is 5.91 Å². The number of benzene rings is 2. The summed E-state index contributed by atoms with van der Waals surface area (Å²) in [5, 5.41) is 10.4. The molecule has 0 spiro atoms. The fourth-order valence-corrected chi connectivity index (χ4v) is 9.67. The van der Waals surface area contributed by atoms with E-state index in [0.29, 0.717) is 42.4 Å². The highest BCUT2D eigenvalue weighted by Gasteiger charge is 2.40. The Balaban J connectivity index is 0.824. The van der Waals surface area contributed by atoms with E-state index >= 15 is 0 Å². The van der Waals surface area contributed by atoms with Crippen LogP contribution < -0.4 is 0 Å². The van der Waals surface area contributed by atoms with E-state index in [1.54, 1.807) is 16.2 Å². The second kappa shape index (κ2) is 14.4. The molecule has 4 aliphatic rings. The Bertz CT molecular complexity index is 2470. The Morgan fingerprint density at radius 1 is 0.982 bits per heavy atom. The molecule has 2 fully saturated rings. The van der Waals surface area contributed by atoms with Crippen LogP contribution in [-0.2, 0) is 35.6 Å². The first-order valence-electron chi connectivity index (χ1n) is 18.7. The molecule has 276 valence electrons. The molecule has 0 N–H and O–H groups in total. The lowest BCUT2D eigenvalue weighted by molar-refractivity contribution is -0.133. The maximum absolute atomic E-state index is 13.2. The number of nitrogens with zero attached hydrogens (tertiary/aromatic N) is 7. The van der Waals surface area contributed by atoms with E-state index in [-0.39, 0.29) is 23.9 Å². The predicted molar refractivity (Wildman–Crippen MR) is 211 cm³/mol. The predicted octanol–water partition coefficient (Wildman–Crippen LogP) is 6.46. The van der Waals surface area contributed by atoms with Crippen LogP contribution >= 0.6 is 22.9 Å². The van der Waals surface area contributed by atoms with Crippen LogP contribution in [0.5, 0.6) is 0 Å². The van der Waals surface area contributed by atoms with Crippen LogP contribution in [0.25, 0.3) is 5.00 Å². The molecule has 1 atom stereocenters. The van der Waals surface area contributed by atoms with Crippen LogP contribution in [-0.4, -0.2) is 71.9 Å². The van der Waals surface area contributed by atoms with Crippen LogP contribution in [0.4, 0.5) is 0 Å². The van der Waals surface area contributed by atoms with Gasteiger partial charge in [0.15, 0.2) is 11.6 Å². The summed E-state index contributed by atoms with van der Waals surface area (Å²) in [7, 11) is 0. The molecule has 55 heavy (non-hydrogen) atoms. The first kappa shape index (κ1) is 35.4. The minimum absolute atomic E-state index is 0.0261. The monoisotopic (exact) mass is 767 g/mol. The van der Waals surface area contributed by atoms with Crippen molar-refractivity contribution in [1.82, 2.24) is 29.5 Å². The van der Waals surface area contributed by atoms with E-state index in [1.165, 1.54) is 5.56 Å². The molecule has 1 saturated carbocycles. The number of fused-ring (bicyclic) bond motifs is 4. The zero-order chi connectivity index (χ0) is 37.8. The number of carbonyl (C=O) groups excluding carboxylic acids is 3. The third-order valence-electron chi connectivity index (χ3n) is 11.3. The van der Waals surface area contributed by atoms with E-state index in [2.05, 4.69) is 50.6 Å². The van der Waals surface area contributed by atoms with Gasteiger partial charge in [0.2, 0.25) is 0 Å². The number of amides is 1. The minimum atomic E-state index is -0.485. The Kier molecular flexibility index (Phi) is 9.29. The fraction of sp³-hybridized carbons (Fsp3) is 0.326. The quantitative estimate of drug-likeness (QED) is 0.138. The van der Waals surface area contributed by atoms with Crippen LogP contribution in [0.3, 0.4) is 0 Å². The molecule has 1 amide bonds. The summed E-state index contributed by atoms with van der Waals surface area (Å²) >= 11 is 7.83. The summed E-state index contributed by atoms with van der Waals surface area (Å²) in [6, 6.07) is 17.3. The number of rotatable bonds is 7. The summed E-state index contributed by atoms with van der Waals surface area (Å²) in [5.41, 5.74) is 8.80. The lowest BCUT2D eigenvalue weighted by Gasteiger charge is -2.39. The summed E-state index contributed by atoms with van der Waals surface area (Å²) < 4.78 is 2.09. The number of hydrogen-bond acceptors (Lipinski definition) is 9. The molecule has 1 saturated heterocycles. The van der Waals surface area contributed by atoms with Crippen LogP contribution in [0.1, 0.15) is 91.6 Å². The van der Waals surface area contributed by atoms with Gasteiger partial charge in [-0.2, -0.15) is 0 Å². The van der Waals surface area contributed by atoms with Crippen molar-refractivity contribution in [2.45, 2.75) is 71.6 Å². The number of ketones is 2. The van der Waals surface area contributed by atoms with E-state index in [0.717, 1.165) is 93.2 Å². The number of aromatic nitrogens is 4. The van der Waals surface area contributed by atoms with Crippen LogP contribution in [0.15, 0.2) is 65.8 Å². The Hall–Kier alpha value is -5.28. The number of Topliss-reactive ketones (excluding diaryl/α,β-unsaturated/α-hetero) is 2. The van der Waals surface area contributed by atoms with Gasteiger partial charge in [0.05, 0.1) is 23.1 Å². The van der Waals surface area contributed by atoms with Crippen molar-refractivity contribution < 1.29 is 14.4 Å². The number of hydrogen-bond donors (Lipinski definition) is 0. The minimum Gasteiger partial charge on any atom is -0.324 e. The number of halogens is 1. The zero-order valence-corrected chi connectivity index (χ0v) is 32.2. The number of thiophene rings is 1. The van der Waals surface area contributed by atoms with Gasteiger partial charge in [0, 0.05) is 60.5 Å². The Labute approximate surface area is 328 Å². The molecule has 5 aromatic rings. The molecule has 3 aromatic heterocycles. The lowest BCUT2D eigenvalue weighted by atomic mass is 9.90. The molecular weight excluding hydrogens is 730 g/mol. The van der Waals surface area contributed by atoms with Crippen molar-refractivity contribution in [3.05, 3.63) is 127 Å². The molecular formula is C43H38ClN7O3S. The topological polar surface area (TPSA) is 114 Å². The standard InChI is InChI=1S/C43H38ClN7O3S/c1-25-38(55-43-40(25)41(30-9-11-31(44)12-10-30)46-20-39-48-47-26(2)51(39)43)17-14-32-13-7-27(19-45-32)21-49-22-28(23-49)6-8-29-4-3-5-34-35(29)24-50(42(34)54)36-16-15-33(52)18-37(36)53/h3-5,7,9-13,19,28,36H,6,8,15-16,18,20-24H2,1-2H3. The third-order valence-corrected chi connectivity index (χ3v) is 12.7. The molecule has 12 heteroatoms. The molecule has 2 aromatic carbocycles. The van der Waals surface area contributed by atoms with E-state index in [9.17, 15) is 14.4 Å². The summed E-state index contributed by atoms with van der Waals surface area (Å²) in [5.74, 6) is 8.66. The summed E-state index contributed by atoms with van der Waals surface area (Å²) in [4.78, 5) is 52.4. The number of aryl methyl sites for hydroxylation is 2. The van der Waals surface area contributed by atoms with Crippen molar-refractivity contribution in [3.63, 3.8) is 0 Å². The van der Waals surface area contributed by atoms with Crippen molar-refractivity contribution in [2.24, 2.45) is 10.9 Å². The largest absolute Gasteiger partial charge is 0.324 e. The molecule has 1 unspecified atom stereocenters. The van der Waals surface area contributed by atoms with Gasteiger partial charge < -0.3 is 4.90 Å². The smallest absolute Gasteiger partial charge is 0.255 e. The number of carbonyl (C=O) groups is 3. The molecule has 0 bridgehead atoms. The maximum Gasteiger partial charge on any atom is 0.255 e. The van der Waals surface area contributed by atoms with Crippen molar-refractivity contribution in [1.29, 1.82) is 0 Å². The molecule has 6 heterocycles. The number of aliphatic imine (C=N–C) groups is 1. The number of likely N-dealkylation sites (tertiary alicyclic amines) is 1. The van der Waals surface area contributed by atoms with E-state index in [4.69, 9.17) is 21.6 Å². The van der Waals surface area contributed by atoms with E-state index in [1.807, 2.05) is 55.6 Å². The third kappa shape index (κ3) is 6.73. The van der Waals surface area contributed by atoms with Crippen molar-refractivity contribution in [2.75, 3.05) is 13.1 Å². The summed E-state index contributed by atoms with van der Waals surface area (Å²) in [6.45, 7) is 7.82. The first-order valence-corrected chi connectivity index (χ1v) is 19.9. The van der Waals surface area contributed by atoms with Gasteiger partial charge in [-0.15, -0.1) is 21.5 Å². The van der Waals surface area contributed by atoms with Gasteiger partial charge in [-0.25, -0.2) is 4.98 Å². The van der Waals surface area contributed by atoms with E-state index < -0.39 is 6.04 Å². The average molecular weight is 768 g/mol. The van der Waals surface area contributed by atoms with Crippen molar-refractivity contribution >= 4 is 46.1 Å².